The smallest absolute Gasteiger partial charge is 0.228 e. The van der Waals surface area contributed by atoms with Crippen molar-refractivity contribution in [3.63, 3.8) is 0 Å². The van der Waals surface area contributed by atoms with Crippen LogP contribution in [0.1, 0.15) is 17.9 Å². The lowest BCUT2D eigenvalue weighted by molar-refractivity contribution is -0.135. The third-order valence-corrected chi connectivity index (χ3v) is 5.06. The molecule has 29 heavy (non-hydrogen) atoms. The van der Waals surface area contributed by atoms with E-state index in [0.29, 0.717) is 24.8 Å². The maximum absolute atomic E-state index is 12.9. The van der Waals surface area contributed by atoms with Gasteiger partial charge in [0.1, 0.15) is 0 Å². The van der Waals surface area contributed by atoms with Gasteiger partial charge in [-0.1, -0.05) is 47.6 Å². The molecule has 0 unspecified atom stereocenters. The molecule has 2 heterocycles. The van der Waals surface area contributed by atoms with Crippen molar-refractivity contribution < 1.29 is 14.1 Å². The van der Waals surface area contributed by atoms with Crippen LogP contribution in [0.4, 0.5) is 5.69 Å². The lowest BCUT2D eigenvalue weighted by atomic mass is 10.1. The summed E-state index contributed by atoms with van der Waals surface area (Å²) in [6.45, 7) is 2.62. The van der Waals surface area contributed by atoms with Crippen molar-refractivity contribution in [2.24, 2.45) is 5.92 Å². The van der Waals surface area contributed by atoms with E-state index in [1.807, 2.05) is 54.6 Å². The van der Waals surface area contributed by atoms with Crippen molar-refractivity contribution in [3.05, 3.63) is 66.1 Å². The van der Waals surface area contributed by atoms with Crippen LogP contribution in [0.3, 0.4) is 0 Å². The fourth-order valence-electron chi connectivity index (χ4n) is 3.60. The summed E-state index contributed by atoms with van der Waals surface area (Å²) in [5, 5.41) is 3.93. The molecule has 1 aliphatic rings. The number of rotatable bonds is 5. The molecule has 0 N–H and O–H groups in total. The van der Waals surface area contributed by atoms with Crippen LogP contribution in [0.2, 0.25) is 0 Å². The molecule has 0 bridgehead atoms. The van der Waals surface area contributed by atoms with Crippen molar-refractivity contribution in [1.82, 2.24) is 15.0 Å². The van der Waals surface area contributed by atoms with Gasteiger partial charge in [-0.05, 0) is 17.7 Å². The number of nitrogens with zero attached hydrogens (tertiary/aromatic N) is 4. The highest BCUT2D eigenvalue weighted by Crippen LogP contribution is 2.29. The van der Waals surface area contributed by atoms with Gasteiger partial charge in [-0.25, -0.2) is 0 Å². The summed E-state index contributed by atoms with van der Waals surface area (Å²) < 4.78 is 5.04. The van der Waals surface area contributed by atoms with Gasteiger partial charge in [0.25, 0.3) is 0 Å². The van der Waals surface area contributed by atoms with Crippen LogP contribution in [-0.2, 0) is 16.1 Å². The number of amides is 2. The molecular weight excluding hydrogens is 368 g/mol. The zero-order valence-electron chi connectivity index (χ0n) is 16.4. The summed E-state index contributed by atoms with van der Waals surface area (Å²) in [5.41, 5.74) is 2.56. The fraction of sp³-hybridized carbons (Fsp3) is 0.273. The first-order valence-electron chi connectivity index (χ1n) is 9.51. The summed E-state index contributed by atoms with van der Waals surface area (Å²) in [5.74, 6) is 0.529. The van der Waals surface area contributed by atoms with Gasteiger partial charge >= 0.3 is 0 Å². The number of anilines is 1. The van der Waals surface area contributed by atoms with Crippen molar-refractivity contribution in [1.29, 1.82) is 0 Å². The number of aromatic nitrogens is 2. The fourth-order valence-corrected chi connectivity index (χ4v) is 3.60. The van der Waals surface area contributed by atoms with Crippen LogP contribution in [0, 0.1) is 12.8 Å². The molecule has 1 aliphatic heterocycles. The van der Waals surface area contributed by atoms with Crippen molar-refractivity contribution >= 4 is 17.5 Å². The maximum Gasteiger partial charge on any atom is 0.228 e. The van der Waals surface area contributed by atoms with E-state index in [1.54, 1.807) is 23.8 Å². The normalized spacial score (nSPS) is 16.3. The lowest BCUT2D eigenvalue weighted by Crippen LogP contribution is -2.34. The van der Waals surface area contributed by atoms with Crippen LogP contribution in [0.25, 0.3) is 11.4 Å². The van der Waals surface area contributed by atoms with Crippen LogP contribution >= 0.6 is 0 Å². The largest absolute Gasteiger partial charge is 0.341 e. The SMILES string of the molecule is Cc1nc(-c2cccc(N3C[C@H](C(=O)N(C)Cc4ccccc4)CC3=O)c2)no1. The van der Waals surface area contributed by atoms with Gasteiger partial charge in [-0.2, -0.15) is 4.98 Å². The molecule has 1 atom stereocenters. The van der Waals surface area contributed by atoms with Gasteiger partial charge < -0.3 is 14.3 Å². The standard InChI is InChI=1S/C22H22N4O3/c1-15-23-21(24-29-15)17-9-6-10-19(11-17)26-14-18(12-20(26)27)22(28)25(2)13-16-7-4-3-5-8-16/h3-11,18H,12-14H2,1-2H3/t18-/m1/s1. The predicted molar refractivity (Wildman–Crippen MR) is 108 cm³/mol. The van der Waals surface area contributed by atoms with Crippen LogP contribution in [0.15, 0.2) is 59.1 Å². The highest BCUT2D eigenvalue weighted by molar-refractivity contribution is 6.00. The topological polar surface area (TPSA) is 79.5 Å². The molecule has 0 aliphatic carbocycles. The molecule has 1 saturated heterocycles. The summed E-state index contributed by atoms with van der Waals surface area (Å²) in [7, 11) is 1.78. The zero-order valence-corrected chi connectivity index (χ0v) is 16.4. The first-order valence-corrected chi connectivity index (χ1v) is 9.51. The number of carbonyl (C=O) groups is 2. The van der Waals surface area contributed by atoms with E-state index >= 15 is 0 Å². The average Bonchev–Trinajstić information content (AvgIpc) is 3.34. The highest BCUT2D eigenvalue weighted by atomic mass is 16.5. The highest BCUT2D eigenvalue weighted by Gasteiger charge is 2.36. The monoisotopic (exact) mass is 390 g/mol. The number of aryl methyl sites for hydroxylation is 1. The Morgan fingerprint density at radius 1 is 1.21 bits per heavy atom. The van der Waals surface area contributed by atoms with Gasteiger partial charge in [0.2, 0.25) is 23.5 Å². The first-order chi connectivity index (χ1) is 14.0. The van der Waals surface area contributed by atoms with E-state index in [9.17, 15) is 9.59 Å². The van der Waals surface area contributed by atoms with Crippen LogP contribution < -0.4 is 4.90 Å². The van der Waals surface area contributed by atoms with Crippen molar-refractivity contribution in [2.75, 3.05) is 18.5 Å². The predicted octanol–water partition coefficient (Wildman–Crippen LogP) is 3.06. The van der Waals surface area contributed by atoms with Gasteiger partial charge in [0, 0.05) is 44.7 Å². The second kappa shape index (κ2) is 7.87. The van der Waals surface area contributed by atoms with Crippen LogP contribution in [0.5, 0.6) is 0 Å². The Morgan fingerprint density at radius 2 is 2.00 bits per heavy atom. The molecule has 2 amide bonds. The summed E-state index contributed by atoms with van der Waals surface area (Å²) >= 11 is 0. The molecular formula is C22H22N4O3. The van der Waals surface area contributed by atoms with Gasteiger partial charge in [0.15, 0.2) is 0 Å². The second-order valence-electron chi connectivity index (χ2n) is 7.27. The third-order valence-electron chi connectivity index (χ3n) is 5.06. The third kappa shape index (κ3) is 4.03. The Balaban J connectivity index is 1.47. The quantitative estimate of drug-likeness (QED) is 0.669. The minimum absolute atomic E-state index is 0.0188. The summed E-state index contributed by atoms with van der Waals surface area (Å²) in [4.78, 5) is 33.1. The van der Waals surface area contributed by atoms with Gasteiger partial charge in [0.05, 0.1) is 5.92 Å². The molecule has 0 radical (unpaired) electrons. The number of carbonyl (C=O) groups excluding carboxylic acids is 2. The Morgan fingerprint density at radius 3 is 2.72 bits per heavy atom. The molecule has 1 fully saturated rings. The molecule has 7 nitrogen and oxygen atoms in total. The molecule has 2 aromatic carbocycles. The molecule has 148 valence electrons. The first kappa shape index (κ1) is 18.9. The summed E-state index contributed by atoms with van der Waals surface area (Å²) in [6, 6.07) is 17.2. The number of hydrogen-bond donors (Lipinski definition) is 0. The molecule has 1 aromatic heterocycles. The van der Waals surface area contributed by atoms with E-state index in [1.165, 1.54) is 0 Å². The Hall–Kier alpha value is -3.48. The molecule has 3 aromatic rings. The van der Waals surface area contributed by atoms with Gasteiger partial charge in [-0.15, -0.1) is 0 Å². The van der Waals surface area contributed by atoms with E-state index in [2.05, 4.69) is 10.1 Å². The zero-order chi connectivity index (χ0) is 20.4. The van der Waals surface area contributed by atoms with Crippen molar-refractivity contribution in [3.8, 4) is 11.4 Å². The molecule has 4 rings (SSSR count). The Labute approximate surface area is 168 Å². The maximum atomic E-state index is 12.9. The van der Waals surface area contributed by atoms with E-state index in [0.717, 1.165) is 16.8 Å². The van der Waals surface area contributed by atoms with Crippen LogP contribution in [-0.4, -0.2) is 40.4 Å². The Bertz CT molecular complexity index is 1030. The van der Waals surface area contributed by atoms with E-state index in [-0.39, 0.29) is 24.2 Å². The van der Waals surface area contributed by atoms with E-state index < -0.39 is 0 Å². The van der Waals surface area contributed by atoms with Crippen molar-refractivity contribution in [2.45, 2.75) is 19.9 Å². The second-order valence-corrected chi connectivity index (χ2v) is 7.27. The number of benzene rings is 2. The minimum Gasteiger partial charge on any atom is -0.341 e. The minimum atomic E-state index is -0.354. The number of hydrogen-bond acceptors (Lipinski definition) is 5. The van der Waals surface area contributed by atoms with E-state index in [4.69, 9.17) is 4.52 Å². The molecule has 0 spiro atoms. The molecule has 7 heteroatoms. The average molecular weight is 390 g/mol. The Kier molecular flexibility index (Phi) is 5.12. The summed E-state index contributed by atoms with van der Waals surface area (Å²) in [6.07, 6.45) is 0.212. The lowest BCUT2D eigenvalue weighted by Gasteiger charge is -2.21. The molecule has 0 saturated carbocycles. The van der Waals surface area contributed by atoms with Gasteiger partial charge in [-0.3, -0.25) is 9.59 Å².